The van der Waals surface area contributed by atoms with E-state index in [9.17, 15) is 0 Å². The Hall–Kier alpha value is -1.80. The van der Waals surface area contributed by atoms with Gasteiger partial charge in [-0.25, -0.2) is 4.98 Å². The molecule has 20 heavy (non-hydrogen) atoms. The lowest BCUT2D eigenvalue weighted by Gasteiger charge is -2.28. The molecule has 2 aromatic heterocycles. The largest absolute Gasteiger partial charge is 0.353 e. The van der Waals surface area contributed by atoms with E-state index in [4.69, 9.17) is 16.9 Å². The standard InChI is InChI=1S/C14H16ClN5/c1-3-10(4-2)19-6-5-11-12(15)18-13-9(7-16)8-17-20(13)14(11)19/h8,10H,3-6H2,1-2H3. The van der Waals surface area contributed by atoms with Crippen molar-refractivity contribution in [3.05, 3.63) is 22.5 Å². The Morgan fingerprint density at radius 2 is 2.20 bits per heavy atom. The molecule has 0 unspecified atom stereocenters. The predicted octanol–water partition coefficient (Wildman–Crippen LogP) is 2.81. The molecule has 0 fully saturated rings. The van der Waals surface area contributed by atoms with Gasteiger partial charge in [-0.05, 0) is 19.3 Å². The van der Waals surface area contributed by atoms with Crippen molar-refractivity contribution in [3.63, 3.8) is 0 Å². The summed E-state index contributed by atoms with van der Waals surface area (Å²) in [6, 6.07) is 2.58. The first-order valence-corrected chi connectivity index (χ1v) is 7.31. The van der Waals surface area contributed by atoms with E-state index in [1.807, 2.05) is 0 Å². The van der Waals surface area contributed by atoms with Crippen molar-refractivity contribution in [2.75, 3.05) is 11.4 Å². The fourth-order valence-corrected chi connectivity index (χ4v) is 3.26. The van der Waals surface area contributed by atoms with E-state index in [0.717, 1.165) is 37.2 Å². The van der Waals surface area contributed by atoms with Gasteiger partial charge in [0.25, 0.3) is 0 Å². The third kappa shape index (κ3) is 1.75. The van der Waals surface area contributed by atoms with Crippen molar-refractivity contribution in [1.29, 1.82) is 5.26 Å². The lowest BCUT2D eigenvalue weighted by atomic mass is 10.1. The van der Waals surface area contributed by atoms with Gasteiger partial charge in [-0.15, -0.1) is 0 Å². The first-order chi connectivity index (χ1) is 9.71. The molecule has 0 aromatic carbocycles. The van der Waals surface area contributed by atoms with Crippen LogP contribution in [0.15, 0.2) is 6.20 Å². The zero-order chi connectivity index (χ0) is 14.3. The van der Waals surface area contributed by atoms with Crippen LogP contribution in [0.3, 0.4) is 0 Å². The number of nitrogens with zero attached hydrogens (tertiary/aromatic N) is 5. The molecule has 0 atom stereocenters. The molecule has 104 valence electrons. The molecular weight excluding hydrogens is 274 g/mol. The average Bonchev–Trinajstić information content (AvgIpc) is 3.04. The number of aromatic nitrogens is 3. The summed E-state index contributed by atoms with van der Waals surface area (Å²) in [5.74, 6) is 1.01. The molecule has 3 heterocycles. The minimum atomic E-state index is 0.464. The number of anilines is 1. The summed E-state index contributed by atoms with van der Waals surface area (Å²) in [6.07, 6.45) is 4.59. The maximum absolute atomic E-state index is 9.13. The third-order valence-corrected chi connectivity index (χ3v) is 4.36. The van der Waals surface area contributed by atoms with E-state index in [1.54, 1.807) is 10.7 Å². The molecule has 0 bridgehead atoms. The van der Waals surface area contributed by atoms with Gasteiger partial charge in [0.15, 0.2) is 5.65 Å². The molecule has 0 N–H and O–H groups in total. The number of halogens is 1. The minimum absolute atomic E-state index is 0.464. The highest BCUT2D eigenvalue weighted by Gasteiger charge is 2.30. The zero-order valence-electron chi connectivity index (χ0n) is 11.6. The van der Waals surface area contributed by atoms with Gasteiger partial charge in [-0.1, -0.05) is 25.4 Å². The molecular formula is C14H16ClN5. The van der Waals surface area contributed by atoms with Gasteiger partial charge in [-0.2, -0.15) is 14.9 Å². The van der Waals surface area contributed by atoms with Crippen LogP contribution in [0.2, 0.25) is 5.15 Å². The summed E-state index contributed by atoms with van der Waals surface area (Å²) >= 11 is 6.30. The zero-order valence-corrected chi connectivity index (χ0v) is 12.4. The van der Waals surface area contributed by atoms with Crippen LogP contribution in [0, 0.1) is 11.3 Å². The van der Waals surface area contributed by atoms with Crippen molar-refractivity contribution in [2.24, 2.45) is 0 Å². The fraction of sp³-hybridized carbons (Fsp3) is 0.500. The van der Waals surface area contributed by atoms with Gasteiger partial charge in [0.05, 0.1) is 6.20 Å². The van der Waals surface area contributed by atoms with Crippen molar-refractivity contribution < 1.29 is 0 Å². The van der Waals surface area contributed by atoms with Crippen molar-refractivity contribution >= 4 is 23.1 Å². The topological polar surface area (TPSA) is 57.2 Å². The number of hydrogen-bond donors (Lipinski definition) is 0. The van der Waals surface area contributed by atoms with Crippen molar-refractivity contribution in [1.82, 2.24) is 14.6 Å². The fourth-order valence-electron chi connectivity index (χ4n) is 3.00. The molecule has 3 rings (SSSR count). The first-order valence-electron chi connectivity index (χ1n) is 6.94. The Morgan fingerprint density at radius 3 is 2.85 bits per heavy atom. The van der Waals surface area contributed by atoms with Crippen LogP contribution in [0.5, 0.6) is 0 Å². The lowest BCUT2D eigenvalue weighted by molar-refractivity contribution is 0.563. The van der Waals surface area contributed by atoms with Crippen molar-refractivity contribution in [3.8, 4) is 6.07 Å². The molecule has 2 aromatic rings. The Morgan fingerprint density at radius 1 is 1.45 bits per heavy atom. The summed E-state index contributed by atoms with van der Waals surface area (Å²) in [5, 5.41) is 14.0. The molecule has 0 spiro atoms. The number of fused-ring (bicyclic) bond motifs is 3. The second-order valence-corrected chi connectivity index (χ2v) is 5.38. The van der Waals surface area contributed by atoms with Crippen LogP contribution in [0.25, 0.3) is 5.65 Å². The van der Waals surface area contributed by atoms with Crippen LogP contribution in [0.4, 0.5) is 5.82 Å². The van der Waals surface area contributed by atoms with Gasteiger partial charge < -0.3 is 4.90 Å². The van der Waals surface area contributed by atoms with Gasteiger partial charge >= 0.3 is 0 Å². The Bertz CT molecular complexity index is 696. The lowest BCUT2D eigenvalue weighted by Crippen LogP contribution is -2.34. The molecule has 6 heteroatoms. The minimum Gasteiger partial charge on any atom is -0.353 e. The van der Waals surface area contributed by atoms with Crippen LogP contribution >= 0.6 is 11.6 Å². The van der Waals surface area contributed by atoms with E-state index in [2.05, 4.69) is 34.9 Å². The number of rotatable bonds is 3. The van der Waals surface area contributed by atoms with Crippen LogP contribution < -0.4 is 4.90 Å². The smallest absolute Gasteiger partial charge is 0.176 e. The van der Waals surface area contributed by atoms with E-state index in [-0.39, 0.29) is 0 Å². The molecule has 0 saturated heterocycles. The third-order valence-electron chi connectivity index (χ3n) is 4.05. The highest BCUT2D eigenvalue weighted by molar-refractivity contribution is 6.30. The summed E-state index contributed by atoms with van der Waals surface area (Å²) in [4.78, 5) is 6.69. The van der Waals surface area contributed by atoms with E-state index in [0.29, 0.717) is 22.4 Å². The van der Waals surface area contributed by atoms with Crippen LogP contribution in [-0.2, 0) is 6.42 Å². The number of nitriles is 1. The van der Waals surface area contributed by atoms with E-state index < -0.39 is 0 Å². The molecule has 0 amide bonds. The second-order valence-electron chi connectivity index (χ2n) is 5.02. The predicted molar refractivity (Wildman–Crippen MR) is 78.1 cm³/mol. The maximum Gasteiger partial charge on any atom is 0.176 e. The second kappa shape index (κ2) is 4.95. The summed E-state index contributed by atoms with van der Waals surface area (Å²) in [7, 11) is 0. The summed E-state index contributed by atoms with van der Waals surface area (Å²) < 4.78 is 1.77. The molecule has 1 aliphatic heterocycles. The van der Waals surface area contributed by atoms with E-state index >= 15 is 0 Å². The van der Waals surface area contributed by atoms with Gasteiger partial charge in [0.1, 0.15) is 22.6 Å². The number of hydrogen-bond acceptors (Lipinski definition) is 4. The molecule has 1 aliphatic rings. The molecule has 0 aliphatic carbocycles. The Balaban J connectivity index is 2.24. The summed E-state index contributed by atoms with van der Waals surface area (Å²) in [6.45, 7) is 5.32. The van der Waals surface area contributed by atoms with Gasteiger partial charge in [0, 0.05) is 18.2 Å². The Kier molecular flexibility index (Phi) is 3.27. The first kappa shape index (κ1) is 13.2. The van der Waals surface area contributed by atoms with Crippen LogP contribution in [-0.4, -0.2) is 27.2 Å². The van der Waals surface area contributed by atoms with Gasteiger partial charge in [0.2, 0.25) is 0 Å². The molecule has 5 nitrogen and oxygen atoms in total. The monoisotopic (exact) mass is 289 g/mol. The van der Waals surface area contributed by atoms with E-state index in [1.165, 1.54) is 0 Å². The quantitative estimate of drug-likeness (QED) is 0.815. The molecule has 0 saturated carbocycles. The highest BCUT2D eigenvalue weighted by Crippen LogP contribution is 2.35. The van der Waals surface area contributed by atoms with Crippen LogP contribution in [0.1, 0.15) is 37.8 Å². The maximum atomic E-state index is 9.13. The normalized spacial score (nSPS) is 14.1. The van der Waals surface area contributed by atoms with Crippen molar-refractivity contribution in [2.45, 2.75) is 39.2 Å². The SMILES string of the molecule is CCC(CC)N1CCc2c(Cl)nc3c(C#N)cnn3c21. The average molecular weight is 290 g/mol. The highest BCUT2D eigenvalue weighted by atomic mass is 35.5. The Labute approximate surface area is 122 Å². The summed E-state index contributed by atoms with van der Waals surface area (Å²) in [5.41, 5.74) is 2.05. The van der Waals surface area contributed by atoms with Gasteiger partial charge in [-0.3, -0.25) is 0 Å². The molecule has 0 radical (unpaired) electrons.